The van der Waals surface area contributed by atoms with Crippen molar-refractivity contribution in [3.8, 4) is 0 Å². The van der Waals surface area contributed by atoms with Gasteiger partial charge in [0.05, 0.1) is 6.54 Å². The van der Waals surface area contributed by atoms with Crippen LogP contribution in [-0.4, -0.2) is 48.5 Å². The molecule has 2 aromatic rings. The quantitative estimate of drug-likeness (QED) is 0.452. The van der Waals surface area contributed by atoms with Crippen LogP contribution in [-0.2, 0) is 13.1 Å². The summed E-state index contributed by atoms with van der Waals surface area (Å²) in [5.74, 6) is 0.779. The first-order valence-corrected chi connectivity index (χ1v) is 11.3. The van der Waals surface area contributed by atoms with Gasteiger partial charge in [-0.25, -0.2) is 4.99 Å². The molecule has 1 heterocycles. The summed E-state index contributed by atoms with van der Waals surface area (Å²) in [5.41, 5.74) is 3.04. The summed E-state index contributed by atoms with van der Waals surface area (Å²) in [6.45, 7) is 10.2. The second-order valence-corrected chi connectivity index (χ2v) is 8.10. The molecule has 6 nitrogen and oxygen atoms in total. The number of nitrogens with zero attached hydrogens (tertiary/aromatic N) is 2. The van der Waals surface area contributed by atoms with E-state index in [2.05, 4.69) is 65.0 Å². The zero-order valence-corrected chi connectivity index (χ0v) is 18.9. The smallest absolute Gasteiger partial charge is 0.251 e. The van der Waals surface area contributed by atoms with Crippen LogP contribution in [0.1, 0.15) is 48.7 Å². The molecule has 0 aromatic heterocycles. The minimum Gasteiger partial charge on any atom is -0.357 e. The summed E-state index contributed by atoms with van der Waals surface area (Å²) in [4.78, 5) is 19.4. The molecule has 2 unspecified atom stereocenters. The Morgan fingerprint density at radius 3 is 2.52 bits per heavy atom. The van der Waals surface area contributed by atoms with Crippen molar-refractivity contribution in [2.45, 2.75) is 52.4 Å². The Hall–Kier alpha value is -2.86. The Morgan fingerprint density at radius 1 is 1.03 bits per heavy atom. The molecule has 1 aliphatic heterocycles. The average molecular weight is 422 g/mol. The summed E-state index contributed by atoms with van der Waals surface area (Å²) in [7, 11) is 0. The van der Waals surface area contributed by atoms with Crippen LogP contribution in [0, 0.1) is 0 Å². The third kappa shape index (κ3) is 6.82. The van der Waals surface area contributed by atoms with E-state index in [9.17, 15) is 4.79 Å². The Labute approximate surface area is 186 Å². The van der Waals surface area contributed by atoms with Gasteiger partial charge in [0.2, 0.25) is 0 Å². The molecule has 2 aromatic carbocycles. The Morgan fingerprint density at radius 2 is 1.77 bits per heavy atom. The van der Waals surface area contributed by atoms with Gasteiger partial charge in [0.1, 0.15) is 0 Å². The van der Waals surface area contributed by atoms with E-state index in [1.807, 2.05) is 31.2 Å². The highest BCUT2D eigenvalue weighted by molar-refractivity contribution is 5.94. The number of hydrogen-bond donors (Lipinski definition) is 3. The molecular weight excluding hydrogens is 386 g/mol. The molecule has 0 bridgehead atoms. The lowest BCUT2D eigenvalue weighted by molar-refractivity contribution is 0.0955. The summed E-state index contributed by atoms with van der Waals surface area (Å²) in [6.07, 6.45) is 1.09. The van der Waals surface area contributed by atoms with Crippen LogP contribution in [0.25, 0.3) is 0 Å². The van der Waals surface area contributed by atoms with Gasteiger partial charge in [0.15, 0.2) is 5.96 Å². The summed E-state index contributed by atoms with van der Waals surface area (Å²) in [5, 5.41) is 9.81. The Balaban J connectivity index is 1.60. The molecule has 0 spiro atoms. The highest BCUT2D eigenvalue weighted by Gasteiger charge is 2.29. The minimum atomic E-state index is -0.0446. The number of likely N-dealkylation sites (tertiary alicyclic amines) is 1. The number of guanidine groups is 1. The largest absolute Gasteiger partial charge is 0.357 e. The van der Waals surface area contributed by atoms with Crippen molar-refractivity contribution in [3.63, 3.8) is 0 Å². The van der Waals surface area contributed by atoms with Crippen molar-refractivity contribution in [2.75, 3.05) is 19.6 Å². The van der Waals surface area contributed by atoms with Crippen molar-refractivity contribution < 1.29 is 4.79 Å². The van der Waals surface area contributed by atoms with Crippen LogP contribution in [0.2, 0.25) is 0 Å². The number of amides is 1. The lowest BCUT2D eigenvalue weighted by atomic mass is 10.1. The van der Waals surface area contributed by atoms with Crippen LogP contribution in [0.4, 0.5) is 0 Å². The van der Waals surface area contributed by atoms with Crippen LogP contribution in [0.3, 0.4) is 0 Å². The third-order valence-corrected chi connectivity index (χ3v) is 5.56. The molecule has 0 saturated carbocycles. The van der Waals surface area contributed by atoms with Crippen LogP contribution in [0.5, 0.6) is 0 Å². The number of carbonyl (C=O) groups excluding carboxylic acids is 1. The number of carbonyl (C=O) groups is 1. The van der Waals surface area contributed by atoms with Gasteiger partial charge < -0.3 is 16.0 Å². The SMILES string of the molecule is CCNC(=O)c1cccc(CN=C(NCC)NC2CC(C)N(Cc3ccccc3)C2)c1. The lowest BCUT2D eigenvalue weighted by Gasteiger charge is -2.21. The predicted molar refractivity (Wildman–Crippen MR) is 127 cm³/mol. The van der Waals surface area contributed by atoms with Crippen molar-refractivity contribution in [1.29, 1.82) is 0 Å². The lowest BCUT2D eigenvalue weighted by Crippen LogP contribution is -2.44. The maximum Gasteiger partial charge on any atom is 0.251 e. The molecular formula is C25H35N5O. The summed E-state index contributed by atoms with van der Waals surface area (Å²) >= 11 is 0. The van der Waals surface area contributed by atoms with Gasteiger partial charge in [0.25, 0.3) is 5.91 Å². The Kier molecular flexibility index (Phi) is 8.47. The molecule has 0 radical (unpaired) electrons. The molecule has 1 aliphatic rings. The van der Waals surface area contributed by atoms with Gasteiger partial charge in [-0.1, -0.05) is 42.5 Å². The van der Waals surface area contributed by atoms with Crippen LogP contribution >= 0.6 is 0 Å². The number of rotatable bonds is 8. The van der Waals surface area contributed by atoms with Gasteiger partial charge >= 0.3 is 0 Å². The molecule has 1 fully saturated rings. The molecule has 3 N–H and O–H groups in total. The van der Waals surface area contributed by atoms with E-state index in [4.69, 9.17) is 4.99 Å². The van der Waals surface area contributed by atoms with Gasteiger partial charge in [-0.3, -0.25) is 9.69 Å². The first-order valence-electron chi connectivity index (χ1n) is 11.3. The molecule has 3 rings (SSSR count). The van der Waals surface area contributed by atoms with Gasteiger partial charge in [-0.15, -0.1) is 0 Å². The standard InChI is InChI=1S/C25H35N5O/c1-4-26-24(31)22-13-9-12-21(15-22)16-28-25(27-5-2)29-23-14-19(3)30(18-23)17-20-10-7-6-8-11-20/h6-13,15,19,23H,4-5,14,16-18H2,1-3H3,(H,26,31)(H2,27,28,29). The fourth-order valence-electron chi connectivity index (χ4n) is 4.00. The second kappa shape index (κ2) is 11.5. The number of aliphatic imine (C=N–C) groups is 1. The van der Waals surface area contributed by atoms with Gasteiger partial charge in [-0.2, -0.15) is 0 Å². The Bertz CT molecular complexity index is 867. The van der Waals surface area contributed by atoms with Crippen LogP contribution < -0.4 is 16.0 Å². The topological polar surface area (TPSA) is 68.8 Å². The molecule has 31 heavy (non-hydrogen) atoms. The predicted octanol–water partition coefficient (Wildman–Crippen LogP) is 3.15. The maximum atomic E-state index is 12.1. The maximum absolute atomic E-state index is 12.1. The normalized spacial score (nSPS) is 19.3. The molecule has 2 atom stereocenters. The van der Waals surface area contributed by atoms with E-state index < -0.39 is 0 Å². The fourth-order valence-corrected chi connectivity index (χ4v) is 4.00. The van der Waals surface area contributed by atoms with E-state index in [1.165, 1.54) is 5.56 Å². The number of hydrogen-bond acceptors (Lipinski definition) is 3. The van der Waals surface area contributed by atoms with Crippen molar-refractivity contribution in [1.82, 2.24) is 20.9 Å². The zero-order chi connectivity index (χ0) is 22.1. The monoisotopic (exact) mass is 421 g/mol. The molecule has 6 heteroatoms. The number of nitrogens with one attached hydrogen (secondary N) is 3. The molecule has 166 valence electrons. The first-order chi connectivity index (χ1) is 15.1. The van der Waals surface area contributed by atoms with E-state index >= 15 is 0 Å². The van der Waals surface area contributed by atoms with E-state index in [0.29, 0.717) is 30.7 Å². The molecule has 1 saturated heterocycles. The van der Waals surface area contributed by atoms with Gasteiger partial charge in [0, 0.05) is 43.8 Å². The summed E-state index contributed by atoms with van der Waals surface area (Å²) < 4.78 is 0. The average Bonchev–Trinajstić information content (AvgIpc) is 3.12. The van der Waals surface area contributed by atoms with E-state index in [1.54, 1.807) is 0 Å². The third-order valence-electron chi connectivity index (χ3n) is 5.56. The van der Waals surface area contributed by atoms with E-state index in [-0.39, 0.29) is 5.91 Å². The fraction of sp³-hybridized carbons (Fsp3) is 0.440. The van der Waals surface area contributed by atoms with Gasteiger partial charge in [-0.05, 0) is 50.5 Å². The van der Waals surface area contributed by atoms with Crippen molar-refractivity contribution >= 4 is 11.9 Å². The summed E-state index contributed by atoms with van der Waals surface area (Å²) in [6, 6.07) is 19.2. The number of benzene rings is 2. The van der Waals surface area contributed by atoms with Crippen molar-refractivity contribution in [3.05, 3.63) is 71.3 Å². The minimum absolute atomic E-state index is 0.0446. The second-order valence-electron chi connectivity index (χ2n) is 8.10. The highest BCUT2D eigenvalue weighted by atomic mass is 16.1. The van der Waals surface area contributed by atoms with Crippen molar-refractivity contribution in [2.24, 2.45) is 4.99 Å². The molecule has 1 amide bonds. The van der Waals surface area contributed by atoms with Crippen LogP contribution in [0.15, 0.2) is 59.6 Å². The highest BCUT2D eigenvalue weighted by Crippen LogP contribution is 2.20. The van der Waals surface area contributed by atoms with E-state index in [0.717, 1.165) is 37.6 Å². The zero-order valence-electron chi connectivity index (χ0n) is 18.9. The molecule has 0 aliphatic carbocycles. The first kappa shape index (κ1) is 22.8.